The Hall–Kier alpha value is -2.52. The normalized spacial score (nSPS) is 14.6. The van der Waals surface area contributed by atoms with Crippen LogP contribution in [0.4, 0.5) is 5.82 Å². The Morgan fingerprint density at radius 1 is 1.42 bits per heavy atom. The highest BCUT2D eigenvalue weighted by atomic mass is 16.5. The highest BCUT2D eigenvalue weighted by Gasteiger charge is 2.17. The third-order valence-electron chi connectivity index (χ3n) is 3.55. The number of hydrogen-bond acceptors (Lipinski definition) is 8. The fraction of sp³-hybridized carbons (Fsp3) is 0.467. The SMILES string of the molecule is COCCNC(=O)c1nc(-c2ccnc(N3CCOCC3)c2)no1. The Morgan fingerprint density at radius 2 is 2.25 bits per heavy atom. The topological polar surface area (TPSA) is 103 Å². The second-order valence-electron chi connectivity index (χ2n) is 5.17. The lowest BCUT2D eigenvalue weighted by atomic mass is 10.2. The fourth-order valence-corrected chi connectivity index (χ4v) is 2.30. The van der Waals surface area contributed by atoms with E-state index in [0.29, 0.717) is 32.2 Å². The molecule has 0 spiro atoms. The van der Waals surface area contributed by atoms with Gasteiger partial charge in [-0.15, -0.1) is 0 Å². The molecule has 24 heavy (non-hydrogen) atoms. The van der Waals surface area contributed by atoms with Gasteiger partial charge in [0.2, 0.25) is 5.82 Å². The number of amides is 1. The van der Waals surface area contributed by atoms with E-state index < -0.39 is 5.91 Å². The predicted octanol–water partition coefficient (Wildman–Crippen LogP) is 0.344. The van der Waals surface area contributed by atoms with Crippen molar-refractivity contribution in [2.45, 2.75) is 0 Å². The lowest BCUT2D eigenvalue weighted by Crippen LogP contribution is -2.36. The number of methoxy groups -OCH3 is 1. The van der Waals surface area contributed by atoms with Crippen LogP contribution < -0.4 is 10.2 Å². The number of hydrogen-bond donors (Lipinski definition) is 1. The summed E-state index contributed by atoms with van der Waals surface area (Å²) in [5.41, 5.74) is 0.742. The zero-order valence-corrected chi connectivity index (χ0v) is 13.4. The molecule has 0 aliphatic carbocycles. The van der Waals surface area contributed by atoms with E-state index in [1.807, 2.05) is 6.07 Å². The van der Waals surface area contributed by atoms with Gasteiger partial charge in [0.15, 0.2) is 0 Å². The molecule has 1 aliphatic rings. The zero-order valence-electron chi connectivity index (χ0n) is 13.4. The van der Waals surface area contributed by atoms with E-state index in [2.05, 4.69) is 25.3 Å². The summed E-state index contributed by atoms with van der Waals surface area (Å²) >= 11 is 0. The molecular formula is C15H19N5O4. The first-order valence-electron chi connectivity index (χ1n) is 7.68. The summed E-state index contributed by atoms with van der Waals surface area (Å²) in [4.78, 5) is 22.5. The minimum Gasteiger partial charge on any atom is -0.383 e. The molecule has 0 bridgehead atoms. The smallest absolute Gasteiger partial charge is 0.316 e. The van der Waals surface area contributed by atoms with Gasteiger partial charge in [-0.3, -0.25) is 4.79 Å². The molecule has 2 aromatic rings. The van der Waals surface area contributed by atoms with Crippen LogP contribution in [-0.4, -0.2) is 67.6 Å². The maximum atomic E-state index is 11.9. The minimum absolute atomic E-state index is 0.0779. The van der Waals surface area contributed by atoms with Crippen LogP contribution in [0.2, 0.25) is 0 Å². The van der Waals surface area contributed by atoms with Gasteiger partial charge in [0.05, 0.1) is 19.8 Å². The van der Waals surface area contributed by atoms with Crippen molar-refractivity contribution >= 4 is 11.7 Å². The molecule has 3 heterocycles. The maximum absolute atomic E-state index is 11.9. The summed E-state index contributed by atoms with van der Waals surface area (Å²) in [6, 6.07) is 3.66. The number of nitrogens with one attached hydrogen (secondary N) is 1. The first-order chi connectivity index (χ1) is 11.8. The minimum atomic E-state index is -0.423. The highest BCUT2D eigenvalue weighted by molar-refractivity contribution is 5.89. The molecule has 9 heteroatoms. The first kappa shape index (κ1) is 16.3. The van der Waals surface area contributed by atoms with Crippen molar-refractivity contribution in [3.05, 3.63) is 24.2 Å². The molecule has 0 saturated carbocycles. The van der Waals surface area contributed by atoms with Gasteiger partial charge in [-0.25, -0.2) is 4.98 Å². The Labute approximate surface area is 139 Å². The highest BCUT2D eigenvalue weighted by Crippen LogP contribution is 2.21. The van der Waals surface area contributed by atoms with Crippen LogP contribution in [0.25, 0.3) is 11.4 Å². The molecular weight excluding hydrogens is 314 g/mol. The number of carbonyl (C=O) groups excluding carboxylic acids is 1. The summed E-state index contributed by atoms with van der Waals surface area (Å²) in [6.45, 7) is 3.73. The lowest BCUT2D eigenvalue weighted by molar-refractivity contribution is 0.0893. The van der Waals surface area contributed by atoms with Crippen molar-refractivity contribution < 1.29 is 18.8 Å². The van der Waals surface area contributed by atoms with Gasteiger partial charge >= 0.3 is 11.8 Å². The number of pyridine rings is 1. The molecule has 1 amide bonds. The molecule has 9 nitrogen and oxygen atoms in total. The summed E-state index contributed by atoms with van der Waals surface area (Å²) in [7, 11) is 1.56. The van der Waals surface area contributed by atoms with Crippen molar-refractivity contribution in [3.63, 3.8) is 0 Å². The fourth-order valence-electron chi connectivity index (χ4n) is 2.30. The van der Waals surface area contributed by atoms with Gasteiger partial charge < -0.3 is 24.2 Å². The first-order valence-corrected chi connectivity index (χ1v) is 7.68. The van der Waals surface area contributed by atoms with Crippen molar-refractivity contribution in [2.75, 3.05) is 51.5 Å². The van der Waals surface area contributed by atoms with Crippen molar-refractivity contribution in [3.8, 4) is 11.4 Å². The molecule has 0 radical (unpaired) electrons. The Bertz CT molecular complexity index is 684. The van der Waals surface area contributed by atoms with Gasteiger partial charge in [-0.05, 0) is 12.1 Å². The summed E-state index contributed by atoms with van der Waals surface area (Å²) < 4.78 is 15.2. The third kappa shape index (κ3) is 3.87. The van der Waals surface area contributed by atoms with Crippen LogP contribution in [0, 0.1) is 0 Å². The van der Waals surface area contributed by atoms with Crippen molar-refractivity contribution in [1.29, 1.82) is 0 Å². The molecule has 1 N–H and O–H groups in total. The van der Waals surface area contributed by atoms with Crippen LogP contribution in [0.5, 0.6) is 0 Å². The molecule has 3 rings (SSSR count). The molecule has 1 saturated heterocycles. The van der Waals surface area contributed by atoms with Crippen LogP contribution >= 0.6 is 0 Å². The van der Waals surface area contributed by atoms with E-state index in [1.54, 1.807) is 19.4 Å². The van der Waals surface area contributed by atoms with E-state index in [-0.39, 0.29) is 5.89 Å². The maximum Gasteiger partial charge on any atom is 0.316 e. The van der Waals surface area contributed by atoms with Crippen LogP contribution in [0.15, 0.2) is 22.9 Å². The van der Waals surface area contributed by atoms with Crippen LogP contribution in [-0.2, 0) is 9.47 Å². The zero-order chi connectivity index (χ0) is 16.8. The number of rotatable bonds is 6. The summed E-state index contributed by atoms with van der Waals surface area (Å²) in [5.74, 6) is 0.676. The Morgan fingerprint density at radius 3 is 3.04 bits per heavy atom. The van der Waals surface area contributed by atoms with E-state index in [0.717, 1.165) is 24.5 Å². The lowest BCUT2D eigenvalue weighted by Gasteiger charge is -2.27. The van der Waals surface area contributed by atoms with E-state index in [4.69, 9.17) is 14.0 Å². The predicted molar refractivity (Wildman–Crippen MR) is 84.8 cm³/mol. The summed E-state index contributed by atoms with van der Waals surface area (Å²) in [5, 5.41) is 6.51. The third-order valence-corrected chi connectivity index (χ3v) is 3.55. The van der Waals surface area contributed by atoms with E-state index in [9.17, 15) is 4.79 Å². The molecule has 2 aromatic heterocycles. The van der Waals surface area contributed by atoms with Crippen LogP contribution in [0.1, 0.15) is 10.7 Å². The van der Waals surface area contributed by atoms with E-state index in [1.165, 1.54) is 0 Å². The van der Waals surface area contributed by atoms with Gasteiger partial charge in [-0.1, -0.05) is 5.16 Å². The van der Waals surface area contributed by atoms with Gasteiger partial charge in [0.1, 0.15) is 5.82 Å². The average Bonchev–Trinajstić information content (AvgIpc) is 3.13. The number of ether oxygens (including phenoxy) is 2. The molecule has 1 aliphatic heterocycles. The largest absolute Gasteiger partial charge is 0.383 e. The number of nitrogens with zero attached hydrogens (tertiary/aromatic N) is 4. The molecule has 128 valence electrons. The molecule has 0 atom stereocenters. The second kappa shape index (κ2) is 7.84. The standard InChI is InChI=1S/C15H19N5O4/c1-22-7-4-17-14(21)15-18-13(19-24-15)11-2-3-16-12(10-11)20-5-8-23-9-6-20/h2-3,10H,4-9H2,1H3,(H,17,21). The summed E-state index contributed by atoms with van der Waals surface area (Å²) in [6.07, 6.45) is 1.69. The van der Waals surface area contributed by atoms with Gasteiger partial charge in [0, 0.05) is 38.5 Å². The molecule has 1 fully saturated rings. The number of morpholine rings is 1. The average molecular weight is 333 g/mol. The van der Waals surface area contributed by atoms with E-state index >= 15 is 0 Å². The van der Waals surface area contributed by atoms with Gasteiger partial charge in [-0.2, -0.15) is 4.98 Å². The second-order valence-corrected chi connectivity index (χ2v) is 5.17. The number of anilines is 1. The number of carbonyl (C=O) groups is 1. The van der Waals surface area contributed by atoms with Crippen molar-refractivity contribution in [1.82, 2.24) is 20.4 Å². The quantitative estimate of drug-likeness (QED) is 0.755. The molecule has 0 aromatic carbocycles. The Balaban J connectivity index is 1.71. The van der Waals surface area contributed by atoms with Crippen molar-refractivity contribution in [2.24, 2.45) is 0 Å². The van der Waals surface area contributed by atoms with Gasteiger partial charge in [0.25, 0.3) is 0 Å². The monoisotopic (exact) mass is 333 g/mol. The molecule has 0 unspecified atom stereocenters. The number of aromatic nitrogens is 3. The van der Waals surface area contributed by atoms with Crippen LogP contribution in [0.3, 0.4) is 0 Å². The Kier molecular flexibility index (Phi) is 5.34.